The maximum Gasteiger partial charge on any atom is 0.306 e. The standard InChI is InChI=1S/C16H20ClN3O2/c1-5-22-15(21)7-6-11(4)16-12-9-18-14(17)8-13(12)20(19-16)10(2)3/h8-10H,4-7H2,1-3H3. The number of hydrogen-bond acceptors (Lipinski definition) is 4. The molecule has 6 heteroatoms. The molecule has 0 aliphatic heterocycles. The number of ether oxygens (including phenoxy) is 1. The Morgan fingerprint density at radius 1 is 1.45 bits per heavy atom. The highest BCUT2D eigenvalue weighted by atomic mass is 35.5. The van der Waals surface area contributed by atoms with Crippen molar-refractivity contribution < 1.29 is 9.53 Å². The smallest absolute Gasteiger partial charge is 0.306 e. The summed E-state index contributed by atoms with van der Waals surface area (Å²) in [5, 5.41) is 5.94. The first kappa shape index (κ1) is 16.5. The second-order valence-corrected chi connectivity index (χ2v) is 5.71. The molecule has 0 aliphatic rings. The molecule has 2 aromatic heterocycles. The molecule has 0 fully saturated rings. The van der Waals surface area contributed by atoms with Crippen molar-refractivity contribution in [1.82, 2.24) is 14.8 Å². The van der Waals surface area contributed by atoms with E-state index >= 15 is 0 Å². The van der Waals surface area contributed by atoms with Gasteiger partial charge in [0.05, 0.1) is 17.8 Å². The summed E-state index contributed by atoms with van der Waals surface area (Å²) in [6, 6.07) is 1.99. The van der Waals surface area contributed by atoms with E-state index in [0.717, 1.165) is 22.2 Å². The van der Waals surface area contributed by atoms with Crippen molar-refractivity contribution in [2.45, 2.75) is 39.7 Å². The molecule has 0 amide bonds. The highest BCUT2D eigenvalue weighted by Crippen LogP contribution is 2.29. The quantitative estimate of drug-likeness (QED) is 0.595. The summed E-state index contributed by atoms with van der Waals surface area (Å²) in [6.07, 6.45) is 2.50. The van der Waals surface area contributed by atoms with Crippen LogP contribution in [-0.4, -0.2) is 27.3 Å². The Bertz CT molecular complexity index is 707. The second-order valence-electron chi connectivity index (χ2n) is 5.32. The molecule has 22 heavy (non-hydrogen) atoms. The molecular weight excluding hydrogens is 302 g/mol. The van der Waals surface area contributed by atoms with Crippen molar-refractivity contribution in [3.63, 3.8) is 0 Å². The summed E-state index contributed by atoms with van der Waals surface area (Å²) in [6.45, 7) is 10.3. The van der Waals surface area contributed by atoms with E-state index in [-0.39, 0.29) is 12.0 Å². The average Bonchev–Trinajstić information content (AvgIpc) is 2.84. The summed E-state index contributed by atoms with van der Waals surface area (Å²) < 4.78 is 6.84. The number of pyridine rings is 1. The zero-order valence-electron chi connectivity index (χ0n) is 13.1. The van der Waals surface area contributed by atoms with E-state index in [2.05, 4.69) is 16.7 Å². The van der Waals surface area contributed by atoms with Crippen LogP contribution in [0.5, 0.6) is 0 Å². The molecule has 5 nitrogen and oxygen atoms in total. The first-order valence-electron chi connectivity index (χ1n) is 7.31. The predicted octanol–water partition coefficient (Wildman–Crippen LogP) is 4.02. The van der Waals surface area contributed by atoms with Crippen molar-refractivity contribution in [2.75, 3.05) is 6.61 Å². The minimum Gasteiger partial charge on any atom is -0.466 e. The van der Waals surface area contributed by atoms with Gasteiger partial charge >= 0.3 is 5.97 Å². The molecule has 118 valence electrons. The average molecular weight is 322 g/mol. The largest absolute Gasteiger partial charge is 0.466 e. The minimum atomic E-state index is -0.225. The van der Waals surface area contributed by atoms with Crippen LogP contribution in [0.25, 0.3) is 16.5 Å². The van der Waals surface area contributed by atoms with Gasteiger partial charge in [0.1, 0.15) is 5.15 Å². The van der Waals surface area contributed by atoms with Crippen LogP contribution in [0.3, 0.4) is 0 Å². The maximum atomic E-state index is 11.5. The highest BCUT2D eigenvalue weighted by Gasteiger charge is 2.16. The van der Waals surface area contributed by atoms with Crippen LogP contribution in [-0.2, 0) is 9.53 Å². The Kier molecular flexibility index (Phi) is 5.19. The lowest BCUT2D eigenvalue weighted by molar-refractivity contribution is -0.142. The van der Waals surface area contributed by atoms with Crippen molar-refractivity contribution >= 4 is 34.0 Å². The number of aromatic nitrogens is 3. The van der Waals surface area contributed by atoms with E-state index in [9.17, 15) is 4.79 Å². The third-order valence-corrected chi connectivity index (χ3v) is 3.53. The van der Waals surface area contributed by atoms with E-state index in [0.29, 0.717) is 24.6 Å². The summed E-state index contributed by atoms with van der Waals surface area (Å²) in [4.78, 5) is 15.6. The zero-order valence-corrected chi connectivity index (χ0v) is 13.9. The number of hydrogen-bond donors (Lipinski definition) is 0. The Hall–Kier alpha value is -1.88. The number of allylic oxidation sites excluding steroid dienone is 1. The number of carbonyl (C=O) groups is 1. The first-order chi connectivity index (χ1) is 10.4. The second kappa shape index (κ2) is 6.92. The number of fused-ring (bicyclic) bond motifs is 1. The van der Waals surface area contributed by atoms with Crippen LogP contribution < -0.4 is 0 Å². The van der Waals surface area contributed by atoms with Gasteiger partial charge in [-0.15, -0.1) is 0 Å². The summed E-state index contributed by atoms with van der Waals surface area (Å²) in [5.74, 6) is -0.225. The lowest BCUT2D eigenvalue weighted by atomic mass is 10.1. The number of rotatable bonds is 6. The Labute approximate surface area is 134 Å². The van der Waals surface area contributed by atoms with Crippen LogP contribution in [0.1, 0.15) is 45.3 Å². The van der Waals surface area contributed by atoms with Crippen LogP contribution in [0, 0.1) is 0 Å². The van der Waals surface area contributed by atoms with Crippen LogP contribution >= 0.6 is 11.6 Å². The molecule has 0 aromatic carbocycles. The topological polar surface area (TPSA) is 57.0 Å². The number of nitrogens with zero attached hydrogens (tertiary/aromatic N) is 3. The van der Waals surface area contributed by atoms with Gasteiger partial charge in [-0.3, -0.25) is 9.48 Å². The summed E-state index contributed by atoms with van der Waals surface area (Å²) in [7, 11) is 0. The van der Waals surface area contributed by atoms with Crippen LogP contribution in [0.15, 0.2) is 18.8 Å². The van der Waals surface area contributed by atoms with Crippen LogP contribution in [0.2, 0.25) is 5.15 Å². The fourth-order valence-electron chi connectivity index (χ4n) is 2.27. The molecule has 0 aliphatic carbocycles. The Morgan fingerprint density at radius 2 is 2.18 bits per heavy atom. The van der Waals surface area contributed by atoms with E-state index in [1.807, 2.05) is 18.5 Å². The third kappa shape index (κ3) is 3.47. The molecule has 2 rings (SSSR count). The molecule has 0 spiro atoms. The molecule has 0 saturated heterocycles. The zero-order chi connectivity index (χ0) is 16.3. The van der Waals surface area contributed by atoms with Gasteiger partial charge in [0.15, 0.2) is 0 Å². The van der Waals surface area contributed by atoms with Gasteiger partial charge in [-0.25, -0.2) is 4.98 Å². The van der Waals surface area contributed by atoms with Gasteiger partial charge in [0.25, 0.3) is 0 Å². The Morgan fingerprint density at radius 3 is 2.82 bits per heavy atom. The fourth-order valence-corrected chi connectivity index (χ4v) is 2.42. The normalized spacial score (nSPS) is 11.1. The molecule has 2 heterocycles. The van der Waals surface area contributed by atoms with Gasteiger partial charge in [-0.2, -0.15) is 5.10 Å². The monoisotopic (exact) mass is 321 g/mol. The number of halogens is 1. The molecule has 0 bridgehead atoms. The molecule has 0 unspecified atom stereocenters. The Balaban J connectivity index is 2.31. The molecule has 0 atom stereocenters. The summed E-state index contributed by atoms with van der Waals surface area (Å²) in [5.41, 5.74) is 2.47. The van der Waals surface area contributed by atoms with Gasteiger partial charge in [0, 0.05) is 30.1 Å². The van der Waals surface area contributed by atoms with E-state index < -0.39 is 0 Å². The van der Waals surface area contributed by atoms with Crippen molar-refractivity contribution in [3.05, 3.63) is 29.7 Å². The predicted molar refractivity (Wildman–Crippen MR) is 87.8 cm³/mol. The lowest BCUT2D eigenvalue weighted by Crippen LogP contribution is -2.05. The number of carbonyl (C=O) groups excluding carboxylic acids is 1. The maximum absolute atomic E-state index is 11.5. The van der Waals surface area contributed by atoms with Gasteiger partial charge in [-0.1, -0.05) is 18.2 Å². The molecule has 0 saturated carbocycles. The molecule has 0 N–H and O–H groups in total. The van der Waals surface area contributed by atoms with E-state index in [4.69, 9.17) is 16.3 Å². The van der Waals surface area contributed by atoms with Crippen molar-refractivity contribution in [3.8, 4) is 0 Å². The SMILES string of the molecule is C=C(CCC(=O)OCC)c1nn(C(C)C)c2cc(Cl)ncc12. The first-order valence-corrected chi connectivity index (χ1v) is 7.69. The van der Waals surface area contributed by atoms with Crippen molar-refractivity contribution in [1.29, 1.82) is 0 Å². The van der Waals surface area contributed by atoms with Crippen LogP contribution in [0.4, 0.5) is 0 Å². The highest BCUT2D eigenvalue weighted by molar-refractivity contribution is 6.30. The minimum absolute atomic E-state index is 0.188. The van der Waals surface area contributed by atoms with Gasteiger partial charge in [-0.05, 0) is 32.8 Å². The fraction of sp³-hybridized carbons (Fsp3) is 0.438. The van der Waals surface area contributed by atoms with E-state index in [1.54, 1.807) is 19.2 Å². The number of esters is 1. The molecule has 0 radical (unpaired) electrons. The molecular formula is C16H20ClN3O2. The van der Waals surface area contributed by atoms with Gasteiger partial charge in [0.2, 0.25) is 0 Å². The summed E-state index contributed by atoms with van der Waals surface area (Å²) >= 11 is 5.99. The lowest BCUT2D eigenvalue weighted by Gasteiger charge is -2.06. The van der Waals surface area contributed by atoms with Crippen molar-refractivity contribution in [2.24, 2.45) is 0 Å². The third-order valence-electron chi connectivity index (χ3n) is 3.32. The molecule has 2 aromatic rings. The van der Waals surface area contributed by atoms with E-state index in [1.165, 1.54) is 0 Å². The van der Waals surface area contributed by atoms with Gasteiger partial charge < -0.3 is 4.74 Å².